The van der Waals surface area contributed by atoms with Gasteiger partial charge in [0, 0.05) is 30.0 Å². The number of rotatable bonds is 6. The molecule has 7 heteroatoms. The molecule has 0 unspecified atom stereocenters. The summed E-state index contributed by atoms with van der Waals surface area (Å²) in [6, 6.07) is 11.1. The molecule has 0 amide bonds. The van der Waals surface area contributed by atoms with Crippen molar-refractivity contribution >= 4 is 28.9 Å². The predicted octanol–water partition coefficient (Wildman–Crippen LogP) is 4.20. The Balaban J connectivity index is 1.79. The Morgan fingerprint density at radius 2 is 1.96 bits per heavy atom. The van der Waals surface area contributed by atoms with Crippen LogP contribution in [0.5, 0.6) is 5.75 Å². The van der Waals surface area contributed by atoms with E-state index in [-0.39, 0.29) is 0 Å². The van der Waals surface area contributed by atoms with E-state index < -0.39 is 0 Å². The summed E-state index contributed by atoms with van der Waals surface area (Å²) in [5.41, 5.74) is 1.82. The van der Waals surface area contributed by atoms with Crippen LogP contribution < -0.4 is 15.4 Å². The van der Waals surface area contributed by atoms with E-state index in [2.05, 4.69) is 25.6 Å². The number of pyridine rings is 1. The van der Waals surface area contributed by atoms with Crippen molar-refractivity contribution in [3.8, 4) is 5.75 Å². The van der Waals surface area contributed by atoms with Crippen molar-refractivity contribution < 1.29 is 4.74 Å². The van der Waals surface area contributed by atoms with Crippen molar-refractivity contribution in [3.05, 3.63) is 65.2 Å². The molecule has 25 heavy (non-hydrogen) atoms. The maximum Gasteiger partial charge on any atom is 0.142 e. The van der Waals surface area contributed by atoms with Crippen LogP contribution >= 0.6 is 11.6 Å². The highest BCUT2D eigenvalue weighted by molar-refractivity contribution is 6.31. The van der Waals surface area contributed by atoms with Crippen LogP contribution in [0.4, 0.5) is 17.3 Å². The van der Waals surface area contributed by atoms with Gasteiger partial charge in [0.25, 0.3) is 0 Å². The lowest BCUT2D eigenvalue weighted by atomic mass is 10.3. The number of aromatic nitrogens is 3. The first-order valence-electron chi connectivity index (χ1n) is 7.73. The topological polar surface area (TPSA) is 72.0 Å². The third-order valence-corrected chi connectivity index (χ3v) is 3.69. The highest BCUT2D eigenvalue weighted by atomic mass is 35.5. The molecule has 0 saturated heterocycles. The summed E-state index contributed by atoms with van der Waals surface area (Å²) < 4.78 is 5.35. The zero-order valence-electron chi connectivity index (χ0n) is 14.0. The molecule has 2 heterocycles. The Labute approximate surface area is 151 Å². The molecule has 0 radical (unpaired) electrons. The van der Waals surface area contributed by atoms with Gasteiger partial charge < -0.3 is 15.4 Å². The second kappa shape index (κ2) is 7.81. The number of anilines is 3. The second-order valence-electron chi connectivity index (χ2n) is 5.37. The Hall–Kier alpha value is -2.86. The number of methoxy groups -OCH3 is 1. The van der Waals surface area contributed by atoms with E-state index in [0.717, 1.165) is 17.1 Å². The molecule has 6 nitrogen and oxygen atoms in total. The molecular weight excluding hydrogens is 338 g/mol. The van der Waals surface area contributed by atoms with Crippen LogP contribution in [0.1, 0.15) is 11.4 Å². The minimum Gasteiger partial charge on any atom is -0.495 e. The molecule has 0 fully saturated rings. The molecule has 2 N–H and O–H groups in total. The Bertz CT molecular complexity index is 857. The van der Waals surface area contributed by atoms with Crippen LogP contribution in [-0.2, 0) is 6.54 Å². The monoisotopic (exact) mass is 355 g/mol. The largest absolute Gasteiger partial charge is 0.495 e. The van der Waals surface area contributed by atoms with Crippen LogP contribution in [0.3, 0.4) is 0 Å². The second-order valence-corrected chi connectivity index (χ2v) is 5.81. The van der Waals surface area contributed by atoms with Crippen molar-refractivity contribution in [2.75, 3.05) is 17.7 Å². The van der Waals surface area contributed by atoms with Gasteiger partial charge in [-0.25, -0.2) is 9.97 Å². The fraction of sp³-hybridized carbons (Fsp3) is 0.167. The van der Waals surface area contributed by atoms with Gasteiger partial charge in [0.1, 0.15) is 23.2 Å². The number of hydrogen-bond acceptors (Lipinski definition) is 6. The van der Waals surface area contributed by atoms with Crippen molar-refractivity contribution in [1.29, 1.82) is 0 Å². The lowest BCUT2D eigenvalue weighted by Crippen LogP contribution is -2.05. The fourth-order valence-corrected chi connectivity index (χ4v) is 2.51. The smallest absolute Gasteiger partial charge is 0.142 e. The third kappa shape index (κ3) is 4.58. The van der Waals surface area contributed by atoms with Crippen LogP contribution in [0.15, 0.2) is 48.8 Å². The zero-order valence-corrected chi connectivity index (χ0v) is 14.7. The first-order valence-corrected chi connectivity index (χ1v) is 8.11. The lowest BCUT2D eigenvalue weighted by Gasteiger charge is -2.13. The summed E-state index contributed by atoms with van der Waals surface area (Å²) in [6.45, 7) is 2.47. The molecule has 2 aromatic heterocycles. The van der Waals surface area contributed by atoms with E-state index in [9.17, 15) is 0 Å². The number of halogens is 1. The van der Waals surface area contributed by atoms with Crippen LogP contribution in [-0.4, -0.2) is 22.1 Å². The standard InChI is InChI=1S/C18H18ClN5O/c1-12-22-17(21-11-13-4-3-7-20-10-13)9-18(23-12)24-15-8-14(19)5-6-16(15)25-2/h3-10H,11H2,1-2H3,(H2,21,22,23,24). The molecule has 0 bridgehead atoms. The maximum atomic E-state index is 6.07. The number of ether oxygens (including phenoxy) is 1. The van der Waals surface area contributed by atoms with Gasteiger partial charge in [0.2, 0.25) is 0 Å². The summed E-state index contributed by atoms with van der Waals surface area (Å²) in [7, 11) is 1.61. The van der Waals surface area contributed by atoms with Crippen molar-refractivity contribution in [2.45, 2.75) is 13.5 Å². The van der Waals surface area contributed by atoms with Crippen molar-refractivity contribution in [1.82, 2.24) is 15.0 Å². The molecule has 1 aromatic carbocycles. The Kier molecular flexibility index (Phi) is 5.30. The summed E-state index contributed by atoms with van der Waals surface area (Å²) in [5, 5.41) is 7.13. The van der Waals surface area contributed by atoms with Gasteiger partial charge >= 0.3 is 0 Å². The van der Waals surface area contributed by atoms with Gasteiger partial charge in [-0.2, -0.15) is 0 Å². The molecule has 0 saturated carbocycles. The first-order chi connectivity index (χ1) is 12.1. The number of aryl methyl sites for hydroxylation is 1. The summed E-state index contributed by atoms with van der Waals surface area (Å²) >= 11 is 6.07. The van der Waals surface area contributed by atoms with Crippen molar-refractivity contribution in [2.24, 2.45) is 0 Å². The molecule has 0 aliphatic carbocycles. The number of benzene rings is 1. The predicted molar refractivity (Wildman–Crippen MR) is 99.6 cm³/mol. The molecule has 128 valence electrons. The molecule has 0 spiro atoms. The van der Waals surface area contributed by atoms with Gasteiger partial charge in [-0.15, -0.1) is 0 Å². The summed E-state index contributed by atoms with van der Waals surface area (Å²) in [6.07, 6.45) is 3.57. The van der Waals surface area contributed by atoms with E-state index in [1.54, 1.807) is 31.5 Å². The van der Waals surface area contributed by atoms with E-state index in [1.807, 2.05) is 31.3 Å². The highest BCUT2D eigenvalue weighted by Crippen LogP contribution is 2.30. The minimum atomic E-state index is 0.615. The van der Waals surface area contributed by atoms with Gasteiger partial charge in [-0.1, -0.05) is 17.7 Å². The first kappa shape index (κ1) is 17.0. The van der Waals surface area contributed by atoms with E-state index in [4.69, 9.17) is 16.3 Å². The average Bonchev–Trinajstić information content (AvgIpc) is 2.61. The molecule has 3 aromatic rings. The highest BCUT2D eigenvalue weighted by Gasteiger charge is 2.07. The van der Waals surface area contributed by atoms with E-state index >= 15 is 0 Å². The molecule has 0 aliphatic heterocycles. The zero-order chi connectivity index (χ0) is 17.6. The average molecular weight is 356 g/mol. The van der Waals surface area contributed by atoms with Crippen molar-refractivity contribution in [3.63, 3.8) is 0 Å². The number of nitrogens with zero attached hydrogens (tertiary/aromatic N) is 3. The lowest BCUT2D eigenvalue weighted by molar-refractivity contribution is 0.417. The maximum absolute atomic E-state index is 6.07. The van der Waals surface area contributed by atoms with Crippen LogP contribution in [0.2, 0.25) is 5.02 Å². The van der Waals surface area contributed by atoms with Crippen LogP contribution in [0.25, 0.3) is 0 Å². The SMILES string of the molecule is COc1ccc(Cl)cc1Nc1cc(NCc2cccnc2)nc(C)n1. The quantitative estimate of drug-likeness (QED) is 0.690. The Morgan fingerprint density at radius 1 is 1.12 bits per heavy atom. The Morgan fingerprint density at radius 3 is 2.72 bits per heavy atom. The third-order valence-electron chi connectivity index (χ3n) is 3.46. The van der Waals surface area contributed by atoms with Gasteiger partial charge in [-0.3, -0.25) is 4.98 Å². The molecular formula is C18H18ClN5O. The van der Waals surface area contributed by atoms with Gasteiger partial charge in [0.05, 0.1) is 12.8 Å². The normalized spacial score (nSPS) is 10.4. The van der Waals surface area contributed by atoms with E-state index in [1.165, 1.54) is 0 Å². The molecule has 3 rings (SSSR count). The number of hydrogen-bond donors (Lipinski definition) is 2. The van der Waals surface area contributed by atoms with Gasteiger partial charge in [-0.05, 0) is 36.8 Å². The fourth-order valence-electron chi connectivity index (χ4n) is 2.33. The number of nitrogens with one attached hydrogen (secondary N) is 2. The minimum absolute atomic E-state index is 0.615. The molecule has 0 aliphatic rings. The van der Waals surface area contributed by atoms with Gasteiger partial charge in [0.15, 0.2) is 0 Å². The molecule has 0 atom stereocenters. The summed E-state index contributed by atoms with van der Waals surface area (Å²) in [5.74, 6) is 2.71. The van der Waals surface area contributed by atoms with E-state index in [0.29, 0.717) is 29.0 Å². The summed E-state index contributed by atoms with van der Waals surface area (Å²) in [4.78, 5) is 12.9. The van der Waals surface area contributed by atoms with Crippen LogP contribution in [0, 0.1) is 6.92 Å².